The van der Waals surface area contributed by atoms with E-state index in [2.05, 4.69) is 15.2 Å². The van der Waals surface area contributed by atoms with Crippen LogP contribution in [0.15, 0.2) is 42.6 Å². The van der Waals surface area contributed by atoms with E-state index in [4.69, 9.17) is 16.3 Å². The molecule has 0 aliphatic carbocycles. The molecule has 25 heavy (non-hydrogen) atoms. The van der Waals surface area contributed by atoms with Gasteiger partial charge in [0.2, 0.25) is 0 Å². The van der Waals surface area contributed by atoms with Gasteiger partial charge in [0.15, 0.2) is 0 Å². The van der Waals surface area contributed by atoms with Crippen LogP contribution in [0, 0.1) is 0 Å². The lowest BCUT2D eigenvalue weighted by molar-refractivity contribution is -0.00707. The Labute approximate surface area is 152 Å². The van der Waals surface area contributed by atoms with Crippen LogP contribution in [0.5, 0.6) is 5.75 Å². The average Bonchev–Trinajstić information content (AvgIpc) is 2.75. The molecule has 2 aromatic rings. The van der Waals surface area contributed by atoms with E-state index in [-0.39, 0.29) is 11.5 Å². The third-order valence-electron chi connectivity index (χ3n) is 4.84. The molecule has 2 aliphatic rings. The summed E-state index contributed by atoms with van der Waals surface area (Å²) >= 11 is 5.87. The molecule has 0 radical (unpaired) electrons. The van der Waals surface area contributed by atoms with Crippen molar-refractivity contribution in [3.8, 4) is 5.75 Å². The summed E-state index contributed by atoms with van der Waals surface area (Å²) in [5, 5.41) is 3.54. The first-order chi connectivity index (χ1) is 12.1. The Bertz CT molecular complexity index is 780. The van der Waals surface area contributed by atoms with E-state index in [9.17, 15) is 4.79 Å². The van der Waals surface area contributed by atoms with Crippen LogP contribution < -0.4 is 10.1 Å². The summed E-state index contributed by atoms with van der Waals surface area (Å²) in [6.45, 7) is 3.09. The minimum Gasteiger partial charge on any atom is -0.483 e. The van der Waals surface area contributed by atoms with Gasteiger partial charge in [0.1, 0.15) is 16.5 Å². The van der Waals surface area contributed by atoms with Crippen LogP contribution in [0.25, 0.3) is 0 Å². The lowest BCUT2D eigenvalue weighted by Crippen LogP contribution is -2.56. The van der Waals surface area contributed by atoms with Gasteiger partial charge in [0.05, 0.1) is 12.1 Å². The zero-order valence-corrected chi connectivity index (χ0v) is 14.6. The van der Waals surface area contributed by atoms with Gasteiger partial charge in [-0.25, -0.2) is 4.98 Å². The Morgan fingerprint density at radius 3 is 3.00 bits per heavy atom. The summed E-state index contributed by atoms with van der Waals surface area (Å²) in [7, 11) is 0. The summed E-state index contributed by atoms with van der Waals surface area (Å²) in [4.78, 5) is 18.8. The van der Waals surface area contributed by atoms with E-state index in [1.807, 2.05) is 42.6 Å². The number of likely N-dealkylation sites (tertiary alicyclic amines) is 1. The molecule has 1 atom stereocenters. The minimum absolute atomic E-state index is 0.0634. The molecule has 1 saturated heterocycles. The molecule has 1 N–H and O–H groups in total. The fraction of sp³-hybridized carbons (Fsp3) is 0.368. The molecule has 1 amide bonds. The Kier molecular flexibility index (Phi) is 4.36. The van der Waals surface area contributed by atoms with Gasteiger partial charge in [-0.05, 0) is 43.1 Å². The number of amides is 1. The van der Waals surface area contributed by atoms with Crippen molar-refractivity contribution < 1.29 is 9.53 Å². The number of carbonyl (C=O) groups excluding carboxylic acids is 1. The number of piperidine rings is 1. The zero-order valence-electron chi connectivity index (χ0n) is 13.9. The van der Waals surface area contributed by atoms with Crippen molar-refractivity contribution in [1.82, 2.24) is 15.2 Å². The summed E-state index contributed by atoms with van der Waals surface area (Å²) < 4.78 is 6.38. The minimum atomic E-state index is -0.389. The molecule has 3 heterocycles. The number of nitrogens with zero attached hydrogens (tertiary/aromatic N) is 2. The van der Waals surface area contributed by atoms with Crippen LogP contribution in [-0.2, 0) is 6.54 Å². The van der Waals surface area contributed by atoms with Crippen LogP contribution in [0.3, 0.4) is 0 Å². The van der Waals surface area contributed by atoms with Gasteiger partial charge in [0, 0.05) is 19.3 Å². The number of para-hydroxylation sites is 1. The highest BCUT2D eigenvalue weighted by Gasteiger charge is 2.40. The van der Waals surface area contributed by atoms with Crippen molar-refractivity contribution in [3.63, 3.8) is 0 Å². The number of pyridine rings is 1. The quantitative estimate of drug-likeness (QED) is 0.840. The van der Waals surface area contributed by atoms with Crippen LogP contribution in [0.4, 0.5) is 0 Å². The second-order valence-corrected chi connectivity index (χ2v) is 7.15. The van der Waals surface area contributed by atoms with Crippen molar-refractivity contribution >= 4 is 17.5 Å². The fourth-order valence-corrected chi connectivity index (χ4v) is 3.77. The maximum atomic E-state index is 12.3. The topological polar surface area (TPSA) is 54.5 Å². The zero-order chi connectivity index (χ0) is 17.3. The van der Waals surface area contributed by atoms with Crippen LogP contribution >= 0.6 is 11.6 Å². The maximum absolute atomic E-state index is 12.3. The predicted molar refractivity (Wildman–Crippen MR) is 95.9 cm³/mol. The molecular weight excluding hydrogens is 338 g/mol. The second kappa shape index (κ2) is 6.65. The van der Waals surface area contributed by atoms with Crippen molar-refractivity contribution in [2.45, 2.75) is 25.0 Å². The Morgan fingerprint density at radius 2 is 2.16 bits per heavy atom. The molecule has 1 spiro atoms. The molecule has 1 fully saturated rings. The number of halogens is 1. The van der Waals surface area contributed by atoms with Gasteiger partial charge in [-0.3, -0.25) is 9.69 Å². The van der Waals surface area contributed by atoms with Crippen molar-refractivity contribution in [2.24, 2.45) is 0 Å². The molecule has 1 aromatic carbocycles. The number of nitrogens with one attached hydrogen (secondary N) is 1. The molecule has 0 saturated carbocycles. The standard InChI is InChI=1S/C19H20ClN3O2/c20-17-7-6-14(10-21-17)11-23-9-3-8-19(13-23)12-22-18(24)15-4-1-2-5-16(15)25-19/h1-2,4-7,10H,3,8-9,11-13H2,(H,22,24)/t19-/m0/s1. The number of hydrogen-bond acceptors (Lipinski definition) is 4. The van der Waals surface area contributed by atoms with Crippen LogP contribution in [0.1, 0.15) is 28.8 Å². The van der Waals surface area contributed by atoms with E-state index in [1.165, 1.54) is 0 Å². The Hall–Kier alpha value is -2.11. The molecule has 1 aromatic heterocycles. The molecule has 5 nitrogen and oxygen atoms in total. The summed E-state index contributed by atoms with van der Waals surface area (Å²) in [5.74, 6) is 0.610. The first-order valence-electron chi connectivity index (χ1n) is 8.53. The third kappa shape index (κ3) is 3.48. The molecular formula is C19H20ClN3O2. The second-order valence-electron chi connectivity index (χ2n) is 6.77. The van der Waals surface area contributed by atoms with E-state index < -0.39 is 0 Å². The first kappa shape index (κ1) is 16.4. The first-order valence-corrected chi connectivity index (χ1v) is 8.90. The summed E-state index contributed by atoms with van der Waals surface area (Å²) in [6.07, 6.45) is 3.77. The van der Waals surface area contributed by atoms with Crippen LogP contribution in [-0.4, -0.2) is 41.0 Å². The lowest BCUT2D eigenvalue weighted by Gasteiger charge is -2.42. The summed E-state index contributed by atoms with van der Waals surface area (Å²) in [6, 6.07) is 11.3. The largest absolute Gasteiger partial charge is 0.483 e. The number of hydrogen-bond donors (Lipinski definition) is 1. The third-order valence-corrected chi connectivity index (χ3v) is 5.07. The van der Waals surface area contributed by atoms with Gasteiger partial charge in [-0.2, -0.15) is 0 Å². The van der Waals surface area contributed by atoms with Gasteiger partial charge in [-0.15, -0.1) is 0 Å². The van der Waals surface area contributed by atoms with Crippen molar-refractivity contribution in [2.75, 3.05) is 19.6 Å². The highest BCUT2D eigenvalue weighted by Crippen LogP contribution is 2.32. The summed E-state index contributed by atoms with van der Waals surface area (Å²) in [5.41, 5.74) is 1.35. The lowest BCUT2D eigenvalue weighted by atomic mass is 9.92. The van der Waals surface area contributed by atoms with E-state index in [1.54, 1.807) is 0 Å². The average molecular weight is 358 g/mol. The molecule has 130 valence electrons. The van der Waals surface area contributed by atoms with Crippen molar-refractivity contribution in [1.29, 1.82) is 0 Å². The van der Waals surface area contributed by atoms with Crippen molar-refractivity contribution in [3.05, 3.63) is 58.9 Å². The molecule has 6 heteroatoms. The normalized spacial score (nSPS) is 23.5. The van der Waals surface area contributed by atoms with E-state index >= 15 is 0 Å². The van der Waals surface area contributed by atoms with Crippen LogP contribution in [0.2, 0.25) is 5.15 Å². The number of benzene rings is 1. The van der Waals surface area contributed by atoms with E-state index in [0.29, 0.717) is 23.0 Å². The van der Waals surface area contributed by atoms with Gasteiger partial charge < -0.3 is 10.1 Å². The molecule has 4 rings (SSSR count). The highest BCUT2D eigenvalue weighted by molar-refractivity contribution is 6.29. The number of aromatic nitrogens is 1. The number of rotatable bonds is 2. The van der Waals surface area contributed by atoms with Gasteiger partial charge in [0.25, 0.3) is 5.91 Å². The van der Waals surface area contributed by atoms with Gasteiger partial charge in [-0.1, -0.05) is 29.8 Å². The maximum Gasteiger partial charge on any atom is 0.255 e. The molecule has 0 unspecified atom stereocenters. The SMILES string of the molecule is O=C1NC[C@]2(CCCN(Cc3ccc(Cl)nc3)C2)Oc2ccccc21. The Morgan fingerprint density at radius 1 is 1.28 bits per heavy atom. The molecule has 2 aliphatic heterocycles. The van der Waals surface area contributed by atoms with Gasteiger partial charge >= 0.3 is 0 Å². The Balaban J connectivity index is 1.53. The monoisotopic (exact) mass is 357 g/mol. The predicted octanol–water partition coefficient (Wildman–Crippen LogP) is 2.89. The number of fused-ring (bicyclic) bond motifs is 1. The highest BCUT2D eigenvalue weighted by atomic mass is 35.5. The smallest absolute Gasteiger partial charge is 0.255 e. The molecule has 0 bridgehead atoms. The number of carbonyl (C=O) groups is 1. The number of ether oxygens (including phenoxy) is 1. The fourth-order valence-electron chi connectivity index (χ4n) is 3.66. The van der Waals surface area contributed by atoms with E-state index in [0.717, 1.165) is 38.0 Å².